The minimum atomic E-state index is 0. The fourth-order valence-electron chi connectivity index (χ4n) is 2.75. The number of pyridine rings is 1. The van der Waals surface area contributed by atoms with Crippen LogP contribution in [0.25, 0.3) is 5.82 Å². The summed E-state index contributed by atoms with van der Waals surface area (Å²) in [5.41, 5.74) is 3.01. The standard InChI is InChI=1S/C17H23N5OS.2ClH/c1-12-7-13(2)22(21-12)16-4-3-14(9-19-16)10-20-17(23)8-15-11-24-6-5-18-15;;/h3-4,7,9,15,18H,5-6,8,10-11H2,1-2H3,(H,20,23);2*1H. The molecule has 144 valence electrons. The van der Waals surface area contributed by atoms with Crippen LogP contribution in [0.15, 0.2) is 24.4 Å². The van der Waals surface area contributed by atoms with E-state index in [1.165, 1.54) is 0 Å². The number of rotatable bonds is 5. The van der Waals surface area contributed by atoms with Crippen LogP contribution in [0.1, 0.15) is 23.4 Å². The first kappa shape index (κ1) is 22.8. The molecular formula is C17H25Cl2N5OS. The fraction of sp³-hybridized carbons (Fsp3) is 0.471. The molecule has 1 amide bonds. The lowest BCUT2D eigenvalue weighted by molar-refractivity contribution is -0.121. The lowest BCUT2D eigenvalue weighted by Gasteiger charge is -2.22. The quantitative estimate of drug-likeness (QED) is 0.781. The van der Waals surface area contributed by atoms with E-state index in [1.807, 2.05) is 48.5 Å². The first-order chi connectivity index (χ1) is 11.6. The van der Waals surface area contributed by atoms with Crippen LogP contribution in [-0.4, -0.2) is 44.8 Å². The molecule has 26 heavy (non-hydrogen) atoms. The highest BCUT2D eigenvalue weighted by atomic mass is 35.5. The maximum Gasteiger partial charge on any atom is 0.221 e. The first-order valence-electron chi connectivity index (χ1n) is 8.18. The number of thioether (sulfide) groups is 1. The molecule has 0 radical (unpaired) electrons. The summed E-state index contributed by atoms with van der Waals surface area (Å²) in [6, 6.07) is 6.22. The normalized spacial score (nSPS) is 16.3. The molecule has 0 spiro atoms. The van der Waals surface area contributed by atoms with Crippen molar-refractivity contribution in [3.63, 3.8) is 0 Å². The average Bonchev–Trinajstić information content (AvgIpc) is 2.93. The molecule has 2 aromatic heterocycles. The van der Waals surface area contributed by atoms with Crippen molar-refractivity contribution in [2.75, 3.05) is 18.1 Å². The van der Waals surface area contributed by atoms with Gasteiger partial charge in [0, 0.05) is 48.9 Å². The van der Waals surface area contributed by atoms with E-state index >= 15 is 0 Å². The molecule has 6 nitrogen and oxygen atoms in total. The Kier molecular flexibility index (Phi) is 9.43. The zero-order valence-electron chi connectivity index (χ0n) is 14.9. The summed E-state index contributed by atoms with van der Waals surface area (Å²) < 4.78 is 1.82. The highest BCUT2D eigenvalue weighted by Crippen LogP contribution is 2.11. The molecule has 3 rings (SSSR count). The van der Waals surface area contributed by atoms with Crippen LogP contribution >= 0.6 is 36.6 Å². The molecule has 0 aromatic carbocycles. The zero-order chi connectivity index (χ0) is 16.9. The number of nitrogens with zero attached hydrogens (tertiary/aromatic N) is 3. The van der Waals surface area contributed by atoms with Crippen LogP contribution in [0.4, 0.5) is 0 Å². The van der Waals surface area contributed by atoms with Crippen molar-refractivity contribution in [3.8, 4) is 5.82 Å². The smallest absolute Gasteiger partial charge is 0.221 e. The number of nitrogens with one attached hydrogen (secondary N) is 2. The number of halogens is 2. The van der Waals surface area contributed by atoms with Crippen LogP contribution in [-0.2, 0) is 11.3 Å². The Labute approximate surface area is 170 Å². The number of aryl methyl sites for hydroxylation is 2. The number of carbonyl (C=O) groups excluding carboxylic acids is 1. The molecule has 0 bridgehead atoms. The molecule has 1 aliphatic heterocycles. The van der Waals surface area contributed by atoms with E-state index in [9.17, 15) is 4.79 Å². The summed E-state index contributed by atoms with van der Waals surface area (Å²) in [4.78, 5) is 16.5. The lowest BCUT2D eigenvalue weighted by Crippen LogP contribution is -2.41. The van der Waals surface area contributed by atoms with Gasteiger partial charge in [0.05, 0.1) is 5.69 Å². The number of carbonyl (C=O) groups is 1. The Hall–Kier alpha value is -1.28. The number of hydrogen-bond acceptors (Lipinski definition) is 5. The van der Waals surface area contributed by atoms with Crippen molar-refractivity contribution >= 4 is 42.5 Å². The van der Waals surface area contributed by atoms with Crippen LogP contribution in [0.5, 0.6) is 0 Å². The highest BCUT2D eigenvalue weighted by molar-refractivity contribution is 7.99. The predicted molar refractivity (Wildman–Crippen MR) is 111 cm³/mol. The van der Waals surface area contributed by atoms with E-state index in [0.717, 1.165) is 40.8 Å². The molecule has 2 aromatic rings. The number of amides is 1. The van der Waals surface area contributed by atoms with Gasteiger partial charge in [0.25, 0.3) is 0 Å². The van der Waals surface area contributed by atoms with Gasteiger partial charge < -0.3 is 10.6 Å². The Morgan fingerprint density at radius 2 is 2.19 bits per heavy atom. The van der Waals surface area contributed by atoms with Gasteiger partial charge in [-0.3, -0.25) is 4.79 Å². The molecule has 0 aliphatic carbocycles. The average molecular weight is 418 g/mol. The summed E-state index contributed by atoms with van der Waals surface area (Å²) in [5, 5.41) is 10.8. The second-order valence-corrected chi connectivity index (χ2v) is 7.22. The minimum absolute atomic E-state index is 0. The molecular weight excluding hydrogens is 393 g/mol. The van der Waals surface area contributed by atoms with Crippen LogP contribution in [0.2, 0.25) is 0 Å². The maximum atomic E-state index is 12.0. The Morgan fingerprint density at radius 3 is 2.77 bits per heavy atom. The van der Waals surface area contributed by atoms with Gasteiger partial charge in [-0.2, -0.15) is 16.9 Å². The molecule has 1 fully saturated rings. The summed E-state index contributed by atoms with van der Waals surface area (Å²) in [6.07, 6.45) is 2.32. The van der Waals surface area contributed by atoms with E-state index in [2.05, 4.69) is 20.7 Å². The van der Waals surface area contributed by atoms with E-state index in [4.69, 9.17) is 0 Å². The van der Waals surface area contributed by atoms with Crippen molar-refractivity contribution in [2.45, 2.75) is 32.9 Å². The van der Waals surface area contributed by atoms with E-state index < -0.39 is 0 Å². The zero-order valence-corrected chi connectivity index (χ0v) is 17.3. The Morgan fingerprint density at radius 1 is 1.38 bits per heavy atom. The second kappa shape index (κ2) is 10.8. The van der Waals surface area contributed by atoms with Crippen LogP contribution < -0.4 is 10.6 Å². The van der Waals surface area contributed by atoms with Gasteiger partial charge in [0.15, 0.2) is 5.82 Å². The first-order valence-corrected chi connectivity index (χ1v) is 9.33. The minimum Gasteiger partial charge on any atom is -0.352 e. The van der Waals surface area contributed by atoms with Crippen molar-refractivity contribution in [1.82, 2.24) is 25.4 Å². The van der Waals surface area contributed by atoms with Gasteiger partial charge in [-0.05, 0) is 31.5 Å². The molecule has 1 atom stereocenters. The molecule has 0 saturated carbocycles. The number of aromatic nitrogens is 3. The van der Waals surface area contributed by atoms with Gasteiger partial charge >= 0.3 is 0 Å². The van der Waals surface area contributed by atoms with Gasteiger partial charge in [0.1, 0.15) is 0 Å². The summed E-state index contributed by atoms with van der Waals surface area (Å²) in [7, 11) is 0. The molecule has 1 unspecified atom stereocenters. The fourth-order valence-corrected chi connectivity index (χ4v) is 3.70. The van der Waals surface area contributed by atoms with Crippen molar-refractivity contribution in [2.24, 2.45) is 0 Å². The van der Waals surface area contributed by atoms with E-state index in [1.54, 1.807) is 6.20 Å². The second-order valence-electron chi connectivity index (χ2n) is 6.07. The third-order valence-corrected chi connectivity index (χ3v) is 5.09. The summed E-state index contributed by atoms with van der Waals surface area (Å²) in [6.45, 7) is 5.46. The van der Waals surface area contributed by atoms with Crippen molar-refractivity contribution in [3.05, 3.63) is 41.3 Å². The molecule has 2 N–H and O–H groups in total. The molecule has 1 aliphatic rings. The third-order valence-electron chi connectivity index (χ3n) is 3.96. The topological polar surface area (TPSA) is 71.8 Å². The Bertz CT molecular complexity index is 702. The van der Waals surface area contributed by atoms with Crippen LogP contribution in [0, 0.1) is 13.8 Å². The summed E-state index contributed by atoms with van der Waals surface area (Å²) in [5.74, 6) is 3.01. The molecule has 9 heteroatoms. The SMILES string of the molecule is Cc1cc(C)n(-c2ccc(CNC(=O)CC3CSCCN3)cn2)n1.Cl.Cl. The lowest BCUT2D eigenvalue weighted by atomic mass is 10.2. The predicted octanol–water partition coefficient (Wildman–Crippen LogP) is 2.44. The van der Waals surface area contributed by atoms with Crippen molar-refractivity contribution in [1.29, 1.82) is 0 Å². The molecule has 1 saturated heterocycles. The van der Waals surface area contributed by atoms with E-state index in [0.29, 0.717) is 13.0 Å². The van der Waals surface area contributed by atoms with Crippen molar-refractivity contribution < 1.29 is 4.79 Å². The van der Waals surface area contributed by atoms with E-state index in [-0.39, 0.29) is 36.8 Å². The number of hydrogen-bond donors (Lipinski definition) is 2. The van der Waals surface area contributed by atoms with Gasteiger partial charge in [-0.1, -0.05) is 6.07 Å². The largest absolute Gasteiger partial charge is 0.352 e. The maximum absolute atomic E-state index is 12.0. The van der Waals surface area contributed by atoms with Gasteiger partial charge in [0.2, 0.25) is 5.91 Å². The van der Waals surface area contributed by atoms with Crippen LogP contribution in [0.3, 0.4) is 0 Å². The third kappa shape index (κ3) is 6.16. The summed E-state index contributed by atoms with van der Waals surface area (Å²) >= 11 is 1.90. The Balaban J connectivity index is 0.00000169. The van der Waals surface area contributed by atoms with Gasteiger partial charge in [-0.15, -0.1) is 24.8 Å². The monoisotopic (exact) mass is 417 g/mol. The van der Waals surface area contributed by atoms with Gasteiger partial charge in [-0.25, -0.2) is 9.67 Å². The molecule has 3 heterocycles. The highest BCUT2D eigenvalue weighted by Gasteiger charge is 2.16.